The van der Waals surface area contributed by atoms with Crippen molar-refractivity contribution in [2.24, 2.45) is 4.99 Å². The fourth-order valence-corrected chi connectivity index (χ4v) is 4.12. The second kappa shape index (κ2) is 11.5. The molecular formula is C25H36N4O3. The van der Waals surface area contributed by atoms with Crippen LogP contribution in [-0.2, 0) is 6.42 Å². The Hall–Kier alpha value is -3.09. The topological polar surface area (TPSA) is 67.4 Å². The summed E-state index contributed by atoms with van der Waals surface area (Å²) in [6.07, 6.45) is 3.31. The lowest BCUT2D eigenvalue weighted by molar-refractivity contribution is 0.322. The Labute approximate surface area is 191 Å². The number of aliphatic imine (C=N–C) groups is 1. The Balaban J connectivity index is 1.59. The first-order chi connectivity index (χ1) is 15.6. The number of guanidine groups is 1. The molecule has 2 aromatic carbocycles. The molecule has 7 heteroatoms. The molecule has 1 aliphatic heterocycles. The van der Waals surface area contributed by atoms with E-state index < -0.39 is 0 Å². The lowest BCUT2D eigenvalue weighted by Gasteiger charge is -2.22. The summed E-state index contributed by atoms with van der Waals surface area (Å²) in [6.45, 7) is 5.15. The highest BCUT2D eigenvalue weighted by molar-refractivity contribution is 5.80. The molecule has 0 spiro atoms. The molecule has 1 saturated heterocycles. The summed E-state index contributed by atoms with van der Waals surface area (Å²) in [5, 5.41) is 6.91. The van der Waals surface area contributed by atoms with Crippen LogP contribution in [0.2, 0.25) is 0 Å². The Morgan fingerprint density at radius 2 is 1.78 bits per heavy atom. The van der Waals surface area contributed by atoms with Gasteiger partial charge in [0.1, 0.15) is 0 Å². The van der Waals surface area contributed by atoms with Gasteiger partial charge < -0.3 is 29.7 Å². The number of benzene rings is 2. The first-order valence-electron chi connectivity index (χ1n) is 11.2. The van der Waals surface area contributed by atoms with Crippen LogP contribution in [-0.4, -0.2) is 54.0 Å². The number of nitrogens with zero attached hydrogens (tertiary/aromatic N) is 2. The number of anilines is 1. The van der Waals surface area contributed by atoms with Crippen molar-refractivity contribution in [1.82, 2.24) is 10.6 Å². The van der Waals surface area contributed by atoms with Gasteiger partial charge in [-0.3, -0.25) is 4.99 Å². The number of hydrogen-bond acceptors (Lipinski definition) is 5. The van der Waals surface area contributed by atoms with Gasteiger partial charge in [0.2, 0.25) is 5.75 Å². The normalized spacial score (nSPS) is 14.8. The van der Waals surface area contributed by atoms with Gasteiger partial charge >= 0.3 is 0 Å². The molecule has 0 bridgehead atoms. The van der Waals surface area contributed by atoms with Gasteiger partial charge in [-0.25, -0.2) is 0 Å². The van der Waals surface area contributed by atoms with E-state index in [0.717, 1.165) is 31.0 Å². The van der Waals surface area contributed by atoms with E-state index in [2.05, 4.69) is 51.7 Å². The molecule has 1 heterocycles. The van der Waals surface area contributed by atoms with E-state index in [0.29, 0.717) is 23.8 Å². The van der Waals surface area contributed by atoms with Crippen molar-refractivity contribution < 1.29 is 14.2 Å². The Bertz CT molecular complexity index is 910. The van der Waals surface area contributed by atoms with Gasteiger partial charge in [-0.15, -0.1) is 0 Å². The van der Waals surface area contributed by atoms with Crippen LogP contribution in [0.25, 0.3) is 0 Å². The Morgan fingerprint density at radius 1 is 1.03 bits per heavy atom. The van der Waals surface area contributed by atoms with Gasteiger partial charge in [-0.05, 0) is 49.9 Å². The van der Waals surface area contributed by atoms with Crippen molar-refractivity contribution in [3.63, 3.8) is 0 Å². The van der Waals surface area contributed by atoms with Crippen LogP contribution >= 0.6 is 0 Å². The lowest BCUT2D eigenvalue weighted by Crippen LogP contribution is -2.39. The SMILES string of the molecule is CN=C(NCCc1ccc(OC)c(OC)c1OC)NC(C)c1cccc(N2CCCC2)c1. The zero-order valence-electron chi connectivity index (χ0n) is 19.9. The number of rotatable bonds is 9. The quantitative estimate of drug-likeness (QED) is 0.457. The van der Waals surface area contributed by atoms with E-state index >= 15 is 0 Å². The van der Waals surface area contributed by atoms with Crippen LogP contribution < -0.4 is 29.7 Å². The van der Waals surface area contributed by atoms with Crippen LogP contribution in [0.3, 0.4) is 0 Å². The molecule has 7 nitrogen and oxygen atoms in total. The molecule has 0 radical (unpaired) electrons. The molecule has 1 atom stereocenters. The number of nitrogens with one attached hydrogen (secondary N) is 2. The third-order valence-electron chi connectivity index (χ3n) is 5.89. The minimum Gasteiger partial charge on any atom is -0.493 e. The van der Waals surface area contributed by atoms with Crippen LogP contribution in [0.4, 0.5) is 5.69 Å². The maximum Gasteiger partial charge on any atom is 0.203 e. The molecule has 1 aliphatic rings. The van der Waals surface area contributed by atoms with Gasteiger partial charge in [0.05, 0.1) is 27.4 Å². The summed E-state index contributed by atoms with van der Waals surface area (Å²) >= 11 is 0. The molecule has 32 heavy (non-hydrogen) atoms. The van der Waals surface area contributed by atoms with Gasteiger partial charge in [0.25, 0.3) is 0 Å². The molecule has 0 saturated carbocycles. The molecule has 1 unspecified atom stereocenters. The summed E-state index contributed by atoms with van der Waals surface area (Å²) in [4.78, 5) is 6.85. The summed E-state index contributed by atoms with van der Waals surface area (Å²) < 4.78 is 16.4. The maximum absolute atomic E-state index is 5.59. The number of ether oxygens (including phenoxy) is 3. The van der Waals surface area contributed by atoms with Crippen molar-refractivity contribution in [1.29, 1.82) is 0 Å². The average molecular weight is 441 g/mol. The van der Waals surface area contributed by atoms with Gasteiger partial charge in [-0.2, -0.15) is 0 Å². The summed E-state index contributed by atoms with van der Waals surface area (Å²) in [7, 11) is 6.68. The second-order valence-corrected chi connectivity index (χ2v) is 7.90. The molecule has 3 rings (SSSR count). The average Bonchev–Trinajstić information content (AvgIpc) is 3.38. The van der Waals surface area contributed by atoms with E-state index in [-0.39, 0.29) is 6.04 Å². The molecule has 0 aliphatic carbocycles. The molecule has 2 aromatic rings. The number of hydrogen-bond donors (Lipinski definition) is 2. The molecule has 2 N–H and O–H groups in total. The summed E-state index contributed by atoms with van der Waals surface area (Å²) in [6, 6.07) is 12.8. The third-order valence-corrected chi connectivity index (χ3v) is 5.89. The largest absolute Gasteiger partial charge is 0.493 e. The van der Waals surface area contributed by atoms with E-state index in [1.807, 2.05) is 12.1 Å². The van der Waals surface area contributed by atoms with Crippen LogP contribution in [0.5, 0.6) is 17.2 Å². The highest BCUT2D eigenvalue weighted by atomic mass is 16.5. The van der Waals surface area contributed by atoms with Gasteiger partial charge in [-0.1, -0.05) is 18.2 Å². The minimum atomic E-state index is 0.138. The fraction of sp³-hybridized carbons (Fsp3) is 0.480. The highest BCUT2D eigenvalue weighted by Crippen LogP contribution is 2.39. The zero-order chi connectivity index (χ0) is 22.9. The van der Waals surface area contributed by atoms with E-state index in [1.165, 1.54) is 24.1 Å². The Kier molecular flexibility index (Phi) is 8.48. The Morgan fingerprint density at radius 3 is 2.44 bits per heavy atom. The highest BCUT2D eigenvalue weighted by Gasteiger charge is 2.17. The second-order valence-electron chi connectivity index (χ2n) is 7.90. The standard InChI is InChI=1S/C25H36N4O3/c1-18(20-9-8-10-21(17-20)29-15-6-7-16-29)28-25(26-2)27-14-13-19-11-12-22(30-3)24(32-5)23(19)31-4/h8-12,17-18H,6-7,13-16H2,1-5H3,(H2,26,27,28). The van der Waals surface area contributed by atoms with E-state index in [4.69, 9.17) is 14.2 Å². The third kappa shape index (κ3) is 5.58. The molecule has 0 aromatic heterocycles. The van der Waals surface area contributed by atoms with Gasteiger partial charge in [0.15, 0.2) is 17.5 Å². The number of methoxy groups -OCH3 is 3. The van der Waals surface area contributed by atoms with Crippen molar-refractivity contribution in [3.05, 3.63) is 47.5 Å². The lowest BCUT2D eigenvalue weighted by atomic mass is 10.1. The van der Waals surface area contributed by atoms with Gasteiger partial charge in [0, 0.05) is 37.9 Å². The smallest absolute Gasteiger partial charge is 0.203 e. The van der Waals surface area contributed by atoms with Crippen molar-refractivity contribution in [2.75, 3.05) is 52.9 Å². The monoisotopic (exact) mass is 440 g/mol. The zero-order valence-corrected chi connectivity index (χ0v) is 19.9. The van der Waals surface area contributed by atoms with E-state index in [1.54, 1.807) is 28.4 Å². The predicted molar refractivity (Wildman–Crippen MR) is 131 cm³/mol. The maximum atomic E-state index is 5.59. The van der Waals surface area contributed by atoms with Crippen LogP contribution in [0.1, 0.15) is 36.9 Å². The van der Waals surface area contributed by atoms with Crippen molar-refractivity contribution in [2.45, 2.75) is 32.2 Å². The summed E-state index contributed by atoms with van der Waals surface area (Å²) in [5.41, 5.74) is 3.59. The summed E-state index contributed by atoms with van der Waals surface area (Å²) in [5.74, 6) is 2.73. The van der Waals surface area contributed by atoms with Crippen molar-refractivity contribution >= 4 is 11.6 Å². The van der Waals surface area contributed by atoms with Crippen LogP contribution in [0.15, 0.2) is 41.4 Å². The van der Waals surface area contributed by atoms with Crippen LogP contribution in [0, 0.1) is 0 Å². The molecule has 174 valence electrons. The first-order valence-corrected chi connectivity index (χ1v) is 11.2. The molecule has 1 fully saturated rings. The first kappa shape index (κ1) is 23.6. The molecular weight excluding hydrogens is 404 g/mol. The van der Waals surface area contributed by atoms with Crippen molar-refractivity contribution in [3.8, 4) is 17.2 Å². The fourth-order valence-electron chi connectivity index (χ4n) is 4.12. The minimum absolute atomic E-state index is 0.138. The van der Waals surface area contributed by atoms with E-state index in [9.17, 15) is 0 Å². The predicted octanol–water partition coefficient (Wildman–Crippen LogP) is 3.78. The molecule has 0 amide bonds.